The van der Waals surface area contributed by atoms with Gasteiger partial charge in [-0.15, -0.1) is 0 Å². The van der Waals surface area contributed by atoms with Crippen LogP contribution in [0, 0.1) is 11.3 Å². The van der Waals surface area contributed by atoms with Gasteiger partial charge < -0.3 is 9.47 Å². The summed E-state index contributed by atoms with van der Waals surface area (Å²) in [6.07, 6.45) is 1.53. The number of hydrogen-bond acceptors (Lipinski definition) is 3. The average Bonchev–Trinajstić information content (AvgIpc) is 2.05. The van der Waals surface area contributed by atoms with E-state index in [1.165, 1.54) is 0 Å². The van der Waals surface area contributed by atoms with Gasteiger partial charge in [0.1, 0.15) is 0 Å². The number of hydrogen-bond donors (Lipinski definition) is 0. The first-order chi connectivity index (χ1) is 5.72. The van der Waals surface area contributed by atoms with E-state index >= 15 is 0 Å². The summed E-state index contributed by atoms with van der Waals surface area (Å²) in [5, 5.41) is 8.96. The Hall–Kier alpha value is -0.590. The second kappa shape index (κ2) is 3.88. The molecule has 0 aliphatic carbocycles. The molecule has 0 spiro atoms. The summed E-state index contributed by atoms with van der Waals surface area (Å²) in [5.41, 5.74) is -0.577. The van der Waals surface area contributed by atoms with E-state index in [-0.39, 0.29) is 6.10 Å². The Morgan fingerprint density at radius 1 is 1.75 bits per heavy atom. The Morgan fingerprint density at radius 2 is 2.50 bits per heavy atom. The van der Waals surface area contributed by atoms with Gasteiger partial charge in [-0.2, -0.15) is 5.26 Å². The topological polar surface area (TPSA) is 42.2 Å². The van der Waals surface area contributed by atoms with Gasteiger partial charge in [0, 0.05) is 19.4 Å². The maximum Gasteiger partial charge on any atom is 0.158 e. The molecule has 0 bridgehead atoms. The molecule has 2 unspecified atom stereocenters. The van der Waals surface area contributed by atoms with E-state index in [1.807, 2.05) is 13.8 Å². The van der Waals surface area contributed by atoms with E-state index in [4.69, 9.17) is 14.7 Å². The highest BCUT2D eigenvalue weighted by Gasteiger charge is 2.36. The van der Waals surface area contributed by atoms with Gasteiger partial charge in [0.25, 0.3) is 0 Å². The van der Waals surface area contributed by atoms with Crippen LogP contribution < -0.4 is 0 Å². The van der Waals surface area contributed by atoms with Crippen molar-refractivity contribution >= 4 is 0 Å². The fraction of sp³-hybridized carbons (Fsp3) is 0.889. The summed E-state index contributed by atoms with van der Waals surface area (Å²) in [6.45, 7) is 5.12. The molecule has 1 fully saturated rings. The summed E-state index contributed by atoms with van der Waals surface area (Å²) in [5.74, 6) is 0. The molecule has 0 amide bonds. The summed E-state index contributed by atoms with van der Waals surface area (Å²) < 4.78 is 10.8. The van der Waals surface area contributed by atoms with E-state index < -0.39 is 5.60 Å². The summed E-state index contributed by atoms with van der Waals surface area (Å²) >= 11 is 0. The predicted molar refractivity (Wildman–Crippen MR) is 44.6 cm³/mol. The summed E-state index contributed by atoms with van der Waals surface area (Å²) in [7, 11) is 0. The number of ether oxygens (including phenoxy) is 2. The van der Waals surface area contributed by atoms with Gasteiger partial charge in [0.2, 0.25) is 0 Å². The van der Waals surface area contributed by atoms with E-state index in [2.05, 4.69) is 6.07 Å². The van der Waals surface area contributed by atoms with Crippen molar-refractivity contribution in [3.8, 4) is 6.07 Å². The molecule has 0 aromatic heterocycles. The summed E-state index contributed by atoms with van der Waals surface area (Å²) in [6, 6.07) is 2.25. The molecule has 68 valence electrons. The van der Waals surface area contributed by atoms with Gasteiger partial charge in [0.15, 0.2) is 5.60 Å². The van der Waals surface area contributed by atoms with Crippen LogP contribution in [0.5, 0.6) is 0 Å². The Balaban J connectivity index is 2.59. The minimum absolute atomic E-state index is 0.143. The Bertz CT molecular complexity index is 183. The van der Waals surface area contributed by atoms with E-state index in [9.17, 15) is 0 Å². The zero-order chi connectivity index (χ0) is 9.03. The van der Waals surface area contributed by atoms with Crippen molar-refractivity contribution in [3.63, 3.8) is 0 Å². The molecule has 1 heterocycles. The zero-order valence-electron chi connectivity index (χ0n) is 7.67. The van der Waals surface area contributed by atoms with Crippen LogP contribution in [0.1, 0.15) is 26.7 Å². The molecule has 3 heteroatoms. The van der Waals surface area contributed by atoms with Crippen LogP contribution >= 0.6 is 0 Å². The molecule has 3 nitrogen and oxygen atoms in total. The number of nitriles is 1. The molecule has 1 saturated heterocycles. The Labute approximate surface area is 73.3 Å². The third-order valence-corrected chi connectivity index (χ3v) is 2.15. The minimum Gasteiger partial charge on any atom is -0.378 e. The van der Waals surface area contributed by atoms with Crippen molar-refractivity contribution in [1.29, 1.82) is 5.26 Å². The second-order valence-electron chi connectivity index (χ2n) is 3.17. The van der Waals surface area contributed by atoms with Crippen LogP contribution in [-0.2, 0) is 9.47 Å². The zero-order valence-corrected chi connectivity index (χ0v) is 7.67. The average molecular weight is 169 g/mol. The van der Waals surface area contributed by atoms with Crippen LogP contribution in [0.3, 0.4) is 0 Å². The van der Waals surface area contributed by atoms with Crippen molar-refractivity contribution in [2.45, 2.75) is 38.4 Å². The highest BCUT2D eigenvalue weighted by atomic mass is 16.5. The largest absolute Gasteiger partial charge is 0.378 e. The molecule has 0 radical (unpaired) electrons. The maximum absolute atomic E-state index is 8.96. The molecule has 0 saturated carbocycles. The fourth-order valence-corrected chi connectivity index (χ4v) is 1.59. The van der Waals surface area contributed by atoms with Crippen molar-refractivity contribution in [2.24, 2.45) is 0 Å². The molecule has 0 N–H and O–H groups in total. The maximum atomic E-state index is 8.96. The monoisotopic (exact) mass is 169 g/mol. The highest BCUT2D eigenvalue weighted by Crippen LogP contribution is 2.27. The molecule has 12 heavy (non-hydrogen) atoms. The van der Waals surface area contributed by atoms with Crippen LogP contribution in [0.25, 0.3) is 0 Å². The molecule has 0 aromatic carbocycles. The van der Waals surface area contributed by atoms with Crippen LogP contribution in [0.4, 0.5) is 0 Å². The van der Waals surface area contributed by atoms with E-state index in [1.54, 1.807) is 0 Å². The lowest BCUT2D eigenvalue weighted by Crippen LogP contribution is -2.41. The molecule has 2 atom stereocenters. The molecule has 1 rings (SSSR count). The van der Waals surface area contributed by atoms with Gasteiger partial charge in [-0.3, -0.25) is 0 Å². The summed E-state index contributed by atoms with van der Waals surface area (Å²) in [4.78, 5) is 0. The number of rotatable bonds is 2. The molecule has 1 aliphatic heterocycles. The smallest absolute Gasteiger partial charge is 0.158 e. The lowest BCUT2D eigenvalue weighted by atomic mass is 9.92. The second-order valence-corrected chi connectivity index (χ2v) is 3.17. The molecular formula is C9H15NO2. The van der Waals surface area contributed by atoms with Crippen molar-refractivity contribution in [1.82, 2.24) is 0 Å². The van der Waals surface area contributed by atoms with Gasteiger partial charge in [0.05, 0.1) is 18.8 Å². The number of nitrogens with zero attached hydrogens (tertiary/aromatic N) is 1. The predicted octanol–water partition coefficient (Wildman–Crippen LogP) is 1.48. The van der Waals surface area contributed by atoms with Gasteiger partial charge >= 0.3 is 0 Å². The molecule has 1 aliphatic rings. The highest BCUT2D eigenvalue weighted by molar-refractivity contribution is 5.04. The fourth-order valence-electron chi connectivity index (χ4n) is 1.59. The standard InChI is InChI=1S/C9H15NO2/c1-3-12-9(7-10)4-5-11-8(2)6-9/h8H,3-6H2,1-2H3. The van der Waals surface area contributed by atoms with Crippen molar-refractivity contribution < 1.29 is 9.47 Å². The molecule has 0 aromatic rings. The quantitative estimate of drug-likeness (QED) is 0.628. The van der Waals surface area contributed by atoms with Crippen molar-refractivity contribution in [3.05, 3.63) is 0 Å². The molecular weight excluding hydrogens is 154 g/mol. The Kier molecular flexibility index (Phi) is 3.07. The Morgan fingerprint density at radius 3 is 3.00 bits per heavy atom. The van der Waals surface area contributed by atoms with Crippen LogP contribution in [0.2, 0.25) is 0 Å². The first-order valence-corrected chi connectivity index (χ1v) is 4.39. The first-order valence-electron chi connectivity index (χ1n) is 4.39. The van der Waals surface area contributed by atoms with Gasteiger partial charge in [-0.1, -0.05) is 0 Å². The van der Waals surface area contributed by atoms with Gasteiger partial charge in [-0.25, -0.2) is 0 Å². The van der Waals surface area contributed by atoms with E-state index in [0.29, 0.717) is 26.1 Å². The normalized spacial score (nSPS) is 35.9. The van der Waals surface area contributed by atoms with E-state index in [0.717, 1.165) is 0 Å². The lowest BCUT2D eigenvalue weighted by molar-refractivity contribution is -0.100. The van der Waals surface area contributed by atoms with Crippen LogP contribution in [-0.4, -0.2) is 24.9 Å². The van der Waals surface area contributed by atoms with Gasteiger partial charge in [-0.05, 0) is 13.8 Å². The third kappa shape index (κ3) is 1.96. The minimum atomic E-state index is -0.577. The lowest BCUT2D eigenvalue weighted by Gasteiger charge is -2.33. The SMILES string of the molecule is CCOC1(C#N)CCOC(C)C1. The first kappa shape index (κ1) is 9.50. The third-order valence-electron chi connectivity index (χ3n) is 2.15. The van der Waals surface area contributed by atoms with Crippen LogP contribution in [0.15, 0.2) is 0 Å². The van der Waals surface area contributed by atoms with Crippen molar-refractivity contribution in [2.75, 3.05) is 13.2 Å².